The van der Waals surface area contributed by atoms with Crippen LogP contribution in [0.1, 0.15) is 25.0 Å². The van der Waals surface area contributed by atoms with E-state index < -0.39 is 0 Å². The van der Waals surface area contributed by atoms with Gasteiger partial charge in [0.05, 0.1) is 5.92 Å². The number of aromatic nitrogens is 1. The number of hydrogen-bond donors (Lipinski definition) is 1. The van der Waals surface area contributed by atoms with Gasteiger partial charge in [-0.2, -0.15) is 0 Å². The van der Waals surface area contributed by atoms with Gasteiger partial charge >= 0.3 is 0 Å². The van der Waals surface area contributed by atoms with Crippen molar-refractivity contribution in [2.45, 2.75) is 26.3 Å². The fraction of sp³-hybridized carbons (Fsp3) is 0.450. The Morgan fingerprint density at radius 1 is 1.36 bits per heavy atom. The second-order valence-corrected chi connectivity index (χ2v) is 7.36. The molecule has 1 amide bonds. The number of aromatic amines is 1. The van der Waals surface area contributed by atoms with Crippen LogP contribution in [0, 0.1) is 5.92 Å². The molecule has 1 aliphatic carbocycles. The van der Waals surface area contributed by atoms with Gasteiger partial charge < -0.3 is 9.88 Å². The number of carbonyl (C=O) groups is 1. The van der Waals surface area contributed by atoms with Crippen molar-refractivity contribution in [1.82, 2.24) is 14.8 Å². The van der Waals surface area contributed by atoms with Gasteiger partial charge in [-0.05, 0) is 55.7 Å². The second-order valence-electron chi connectivity index (χ2n) is 7.36. The monoisotopic (exact) mass is 335 g/mol. The maximum Gasteiger partial charge on any atom is 0.230 e. The van der Waals surface area contributed by atoms with Crippen LogP contribution >= 0.6 is 0 Å². The van der Waals surface area contributed by atoms with E-state index in [0.717, 1.165) is 26.1 Å². The Bertz CT molecular complexity index is 865. The van der Waals surface area contributed by atoms with Crippen molar-refractivity contribution >= 4 is 35.8 Å². The van der Waals surface area contributed by atoms with Crippen LogP contribution in [0.2, 0.25) is 0 Å². The zero-order chi connectivity index (χ0) is 17.7. The van der Waals surface area contributed by atoms with Crippen LogP contribution in [0.4, 0.5) is 0 Å². The molecule has 0 unspecified atom stereocenters. The van der Waals surface area contributed by atoms with Crippen molar-refractivity contribution in [3.8, 4) is 0 Å². The maximum absolute atomic E-state index is 12.9. The largest absolute Gasteiger partial charge is 0.367 e. The summed E-state index contributed by atoms with van der Waals surface area (Å²) in [6.07, 6.45) is 3.28. The predicted molar refractivity (Wildman–Crippen MR) is 106 cm³/mol. The smallest absolute Gasteiger partial charge is 0.230 e. The minimum atomic E-state index is -0.0482. The number of H-pyrrole nitrogens is 1. The molecule has 4 rings (SSSR count). The van der Waals surface area contributed by atoms with Crippen molar-refractivity contribution in [2.24, 2.45) is 5.92 Å². The molecular formula is C20H26BN3O. The lowest BCUT2D eigenvalue weighted by Crippen LogP contribution is -2.48. The molecule has 130 valence electrons. The Kier molecular flexibility index (Phi) is 3.99. The van der Waals surface area contributed by atoms with Crippen molar-refractivity contribution in [3.63, 3.8) is 0 Å². The molecule has 2 atom stereocenters. The summed E-state index contributed by atoms with van der Waals surface area (Å²) in [5.74, 6) is 0.207. The van der Waals surface area contributed by atoms with Crippen LogP contribution < -0.4 is 5.59 Å². The third-order valence-corrected chi connectivity index (χ3v) is 6.00. The fourth-order valence-corrected chi connectivity index (χ4v) is 4.65. The van der Waals surface area contributed by atoms with Gasteiger partial charge in [-0.3, -0.25) is 9.69 Å². The van der Waals surface area contributed by atoms with Crippen molar-refractivity contribution in [2.75, 3.05) is 26.7 Å². The molecule has 0 bridgehead atoms. The molecule has 0 saturated heterocycles. The Balaban J connectivity index is 1.83. The van der Waals surface area contributed by atoms with E-state index in [1.807, 2.05) is 4.90 Å². The molecule has 0 fully saturated rings. The number of amides is 1. The molecule has 5 heteroatoms. The van der Waals surface area contributed by atoms with E-state index in [9.17, 15) is 4.79 Å². The minimum absolute atomic E-state index is 0.0482. The first-order chi connectivity index (χ1) is 12.0. The van der Waals surface area contributed by atoms with Gasteiger partial charge in [-0.25, -0.2) is 0 Å². The average molecular weight is 335 g/mol. The Hall–Kier alpha value is -2.01. The summed E-state index contributed by atoms with van der Waals surface area (Å²) < 4.78 is 0. The zero-order valence-corrected chi connectivity index (χ0v) is 15.6. The van der Waals surface area contributed by atoms with E-state index >= 15 is 0 Å². The molecule has 1 aliphatic heterocycles. The van der Waals surface area contributed by atoms with Gasteiger partial charge in [0, 0.05) is 36.6 Å². The van der Waals surface area contributed by atoms with Crippen LogP contribution in [0.15, 0.2) is 24.3 Å². The molecule has 2 heterocycles. The minimum Gasteiger partial charge on any atom is -0.367 e. The quantitative estimate of drug-likeness (QED) is 0.856. The normalized spacial score (nSPS) is 22.6. The molecule has 0 saturated carbocycles. The third-order valence-electron chi connectivity index (χ3n) is 6.00. The van der Waals surface area contributed by atoms with Gasteiger partial charge in [0.25, 0.3) is 0 Å². The topological polar surface area (TPSA) is 39.3 Å². The summed E-state index contributed by atoms with van der Waals surface area (Å²) in [7, 11) is 4.33. The highest BCUT2D eigenvalue weighted by atomic mass is 16.2. The van der Waals surface area contributed by atoms with E-state index in [4.69, 9.17) is 0 Å². The van der Waals surface area contributed by atoms with Crippen molar-refractivity contribution < 1.29 is 4.79 Å². The summed E-state index contributed by atoms with van der Waals surface area (Å²) >= 11 is 0. The molecular weight excluding hydrogens is 309 g/mol. The van der Waals surface area contributed by atoms with Crippen molar-refractivity contribution in [1.29, 1.82) is 0 Å². The van der Waals surface area contributed by atoms with Crippen LogP contribution in [0.3, 0.4) is 0 Å². The molecule has 4 nitrogen and oxygen atoms in total. The number of rotatable bonds is 3. The van der Waals surface area contributed by atoms with Gasteiger partial charge in [0.2, 0.25) is 5.91 Å². The van der Waals surface area contributed by atoms with Crippen LogP contribution in [0.5, 0.6) is 0 Å². The standard InChI is InChI=1S/C20H26BN3O/c1-4-24(5-2)20(25)12-9-14-13-7-6-8-16-18(13)15(19(21)22-16)10-17(14)23(3)11-12/h6-9,12,17,22H,4-5,10-11,21H2,1-3H3/t12-,17-/m1/s1. The first-order valence-corrected chi connectivity index (χ1v) is 9.36. The summed E-state index contributed by atoms with van der Waals surface area (Å²) in [4.78, 5) is 20.8. The van der Waals surface area contributed by atoms with E-state index in [-0.39, 0.29) is 11.8 Å². The predicted octanol–water partition coefficient (Wildman–Crippen LogP) is 1.16. The molecule has 1 aromatic carbocycles. The van der Waals surface area contributed by atoms with E-state index in [1.165, 1.54) is 33.2 Å². The van der Waals surface area contributed by atoms with Crippen LogP contribution in [0.25, 0.3) is 16.5 Å². The van der Waals surface area contributed by atoms with E-state index in [2.05, 4.69) is 62.9 Å². The highest BCUT2D eigenvalue weighted by Crippen LogP contribution is 2.40. The zero-order valence-electron chi connectivity index (χ0n) is 15.6. The van der Waals surface area contributed by atoms with Gasteiger partial charge in [-0.15, -0.1) is 0 Å². The lowest BCUT2D eigenvalue weighted by molar-refractivity contribution is -0.134. The Morgan fingerprint density at radius 2 is 2.12 bits per heavy atom. The second kappa shape index (κ2) is 6.06. The number of fused-ring (bicyclic) bond motifs is 2. The molecule has 0 spiro atoms. The highest BCUT2D eigenvalue weighted by molar-refractivity contribution is 6.34. The van der Waals surface area contributed by atoms with Crippen LogP contribution in [-0.2, 0) is 11.2 Å². The number of benzene rings is 1. The van der Waals surface area contributed by atoms with E-state index in [1.54, 1.807) is 0 Å². The number of nitrogens with one attached hydrogen (secondary N) is 1. The third kappa shape index (κ3) is 2.44. The van der Waals surface area contributed by atoms with Gasteiger partial charge in [0.1, 0.15) is 0 Å². The number of hydrogen-bond acceptors (Lipinski definition) is 2. The summed E-state index contributed by atoms with van der Waals surface area (Å²) in [5.41, 5.74) is 6.56. The average Bonchev–Trinajstić information content (AvgIpc) is 2.93. The van der Waals surface area contributed by atoms with Crippen molar-refractivity contribution in [3.05, 3.63) is 35.4 Å². The number of nitrogens with zero attached hydrogens (tertiary/aromatic N) is 2. The van der Waals surface area contributed by atoms with E-state index in [0.29, 0.717) is 6.04 Å². The molecule has 1 N–H and O–H groups in total. The summed E-state index contributed by atoms with van der Waals surface area (Å²) in [6.45, 7) is 6.47. The van der Waals surface area contributed by atoms with Gasteiger partial charge in [0.15, 0.2) is 7.85 Å². The number of likely N-dealkylation sites (N-methyl/N-ethyl adjacent to an activating group) is 1. The first kappa shape index (κ1) is 16.5. The molecule has 1 aromatic heterocycles. The Morgan fingerprint density at radius 3 is 2.84 bits per heavy atom. The maximum atomic E-state index is 12.9. The molecule has 2 aromatic rings. The van der Waals surface area contributed by atoms with Gasteiger partial charge in [-0.1, -0.05) is 18.2 Å². The SMILES string of the molecule is Bc1[nH]c2cccc3c2c1C[C@@H]1C3=C[C@@H](C(=O)N(CC)CC)CN1C. The van der Waals surface area contributed by atoms with Crippen LogP contribution in [-0.4, -0.2) is 61.3 Å². The molecule has 0 radical (unpaired) electrons. The molecule has 2 aliphatic rings. The first-order valence-electron chi connectivity index (χ1n) is 9.36. The summed E-state index contributed by atoms with van der Waals surface area (Å²) in [5, 5.41) is 1.35. The Labute approximate surface area is 150 Å². The number of carbonyl (C=O) groups excluding carboxylic acids is 1. The fourth-order valence-electron chi connectivity index (χ4n) is 4.65. The summed E-state index contributed by atoms with van der Waals surface area (Å²) in [6, 6.07) is 6.86. The molecule has 25 heavy (non-hydrogen) atoms. The lowest BCUT2D eigenvalue weighted by atomic mass is 9.77. The lowest BCUT2D eigenvalue weighted by Gasteiger charge is -2.40. The highest BCUT2D eigenvalue weighted by Gasteiger charge is 2.36.